The molecule has 0 aliphatic heterocycles. The summed E-state index contributed by atoms with van der Waals surface area (Å²) in [7, 11) is 0. The number of hydrogen-bond acceptors (Lipinski definition) is 1. The minimum Gasteiger partial charge on any atom is -0.314 e. The lowest BCUT2D eigenvalue weighted by Gasteiger charge is -2.30. The molecule has 0 bridgehead atoms. The van der Waals surface area contributed by atoms with Gasteiger partial charge in [-0.25, -0.2) is 8.78 Å². The lowest BCUT2D eigenvalue weighted by atomic mass is 9.81. The van der Waals surface area contributed by atoms with Crippen LogP contribution in [0.5, 0.6) is 0 Å². The Hall–Kier alpha value is -0.960. The maximum Gasteiger partial charge on any atom is 0.159 e. The molecule has 2 rings (SSSR count). The van der Waals surface area contributed by atoms with Gasteiger partial charge in [-0.3, -0.25) is 0 Å². The Kier molecular flexibility index (Phi) is 4.70. The lowest BCUT2D eigenvalue weighted by molar-refractivity contribution is 0.339. The van der Waals surface area contributed by atoms with Gasteiger partial charge >= 0.3 is 0 Å². The van der Waals surface area contributed by atoms with Gasteiger partial charge in [0.25, 0.3) is 0 Å². The summed E-state index contributed by atoms with van der Waals surface area (Å²) in [6, 6.07) is 4.86. The summed E-state index contributed by atoms with van der Waals surface area (Å²) in [5.41, 5.74) is 0.942. The van der Waals surface area contributed by atoms with Crippen LogP contribution in [0.15, 0.2) is 18.2 Å². The highest BCUT2D eigenvalue weighted by Gasteiger charge is 2.23. The molecule has 3 heteroatoms. The zero-order valence-corrected chi connectivity index (χ0v) is 10.9. The van der Waals surface area contributed by atoms with E-state index in [-0.39, 0.29) is 0 Å². The van der Waals surface area contributed by atoms with Crippen LogP contribution in [0.4, 0.5) is 8.78 Å². The highest BCUT2D eigenvalue weighted by Crippen LogP contribution is 2.33. The predicted molar refractivity (Wildman–Crippen MR) is 69.6 cm³/mol. The van der Waals surface area contributed by atoms with Crippen LogP contribution in [0.1, 0.15) is 50.5 Å². The van der Waals surface area contributed by atoms with E-state index in [1.807, 2.05) is 0 Å². The molecule has 0 heterocycles. The zero-order chi connectivity index (χ0) is 13.0. The van der Waals surface area contributed by atoms with Crippen molar-refractivity contribution in [3.63, 3.8) is 0 Å². The highest BCUT2D eigenvalue weighted by molar-refractivity contribution is 5.22. The third-order valence-electron chi connectivity index (χ3n) is 3.77. The maximum atomic E-state index is 13.2. The maximum absolute atomic E-state index is 13.2. The smallest absolute Gasteiger partial charge is 0.159 e. The Bertz CT molecular complexity index is 392. The standard InChI is InChI=1S/C15H21F2N/c1-2-8-18-13-5-3-4-11(9-13)12-6-7-14(16)15(17)10-12/h6-7,10-11,13,18H,2-5,8-9H2,1H3. The van der Waals surface area contributed by atoms with Crippen molar-refractivity contribution in [1.29, 1.82) is 0 Å². The molecule has 1 nitrogen and oxygen atoms in total. The van der Waals surface area contributed by atoms with Crippen molar-refractivity contribution in [2.24, 2.45) is 0 Å². The molecule has 18 heavy (non-hydrogen) atoms. The number of benzene rings is 1. The summed E-state index contributed by atoms with van der Waals surface area (Å²) < 4.78 is 26.2. The second-order valence-corrected chi connectivity index (χ2v) is 5.19. The van der Waals surface area contributed by atoms with Gasteiger partial charge in [0.1, 0.15) is 0 Å². The average Bonchev–Trinajstić information content (AvgIpc) is 2.40. The average molecular weight is 253 g/mol. The Morgan fingerprint density at radius 1 is 1.22 bits per heavy atom. The van der Waals surface area contributed by atoms with Gasteiger partial charge in [-0.05, 0) is 55.8 Å². The van der Waals surface area contributed by atoms with Crippen molar-refractivity contribution in [2.75, 3.05) is 6.54 Å². The van der Waals surface area contributed by atoms with Crippen molar-refractivity contribution >= 4 is 0 Å². The van der Waals surface area contributed by atoms with Gasteiger partial charge in [0, 0.05) is 6.04 Å². The van der Waals surface area contributed by atoms with Crippen LogP contribution in [0, 0.1) is 11.6 Å². The summed E-state index contributed by atoms with van der Waals surface area (Å²) in [6.45, 7) is 3.19. The van der Waals surface area contributed by atoms with Crippen LogP contribution in [-0.2, 0) is 0 Å². The fourth-order valence-corrected chi connectivity index (χ4v) is 2.79. The third-order valence-corrected chi connectivity index (χ3v) is 3.77. The highest BCUT2D eigenvalue weighted by atomic mass is 19.2. The summed E-state index contributed by atoms with van der Waals surface area (Å²) in [5.74, 6) is -1.12. The first kappa shape index (κ1) is 13.5. The second-order valence-electron chi connectivity index (χ2n) is 5.19. The van der Waals surface area contributed by atoms with E-state index in [1.165, 1.54) is 18.6 Å². The number of halogens is 2. The molecule has 1 aromatic carbocycles. The molecular weight excluding hydrogens is 232 g/mol. The van der Waals surface area contributed by atoms with Gasteiger partial charge in [-0.15, -0.1) is 0 Å². The van der Waals surface area contributed by atoms with E-state index in [2.05, 4.69) is 12.2 Å². The second kappa shape index (κ2) is 6.28. The Labute approximate surface area is 108 Å². The molecule has 1 saturated carbocycles. The summed E-state index contributed by atoms with van der Waals surface area (Å²) in [6.07, 6.45) is 5.60. The normalized spacial score (nSPS) is 24.2. The van der Waals surface area contributed by atoms with E-state index in [0.29, 0.717) is 12.0 Å². The number of nitrogens with one attached hydrogen (secondary N) is 1. The molecule has 0 spiro atoms. The predicted octanol–water partition coefficient (Wildman–Crippen LogP) is 3.99. The molecular formula is C15H21F2N. The van der Waals surface area contributed by atoms with E-state index in [0.717, 1.165) is 37.8 Å². The first-order chi connectivity index (χ1) is 8.70. The Balaban J connectivity index is 2.01. The fraction of sp³-hybridized carbons (Fsp3) is 0.600. The Morgan fingerprint density at radius 2 is 2.06 bits per heavy atom. The molecule has 100 valence electrons. The van der Waals surface area contributed by atoms with Crippen molar-refractivity contribution in [3.8, 4) is 0 Å². The van der Waals surface area contributed by atoms with Gasteiger partial charge in [0.05, 0.1) is 0 Å². The Morgan fingerprint density at radius 3 is 2.78 bits per heavy atom. The van der Waals surface area contributed by atoms with Crippen LogP contribution in [-0.4, -0.2) is 12.6 Å². The monoisotopic (exact) mass is 253 g/mol. The molecule has 1 aliphatic carbocycles. The van der Waals surface area contributed by atoms with E-state index in [1.54, 1.807) is 6.07 Å². The molecule has 0 saturated heterocycles. The number of hydrogen-bond donors (Lipinski definition) is 1. The molecule has 2 atom stereocenters. The van der Waals surface area contributed by atoms with Crippen LogP contribution in [0.25, 0.3) is 0 Å². The minimum atomic E-state index is -0.754. The van der Waals surface area contributed by atoms with Crippen LogP contribution in [0.2, 0.25) is 0 Å². The van der Waals surface area contributed by atoms with Crippen molar-refractivity contribution < 1.29 is 8.78 Å². The van der Waals surface area contributed by atoms with Gasteiger partial charge < -0.3 is 5.32 Å². The molecule has 1 fully saturated rings. The van der Waals surface area contributed by atoms with E-state index in [4.69, 9.17) is 0 Å². The SMILES string of the molecule is CCCNC1CCCC(c2ccc(F)c(F)c2)C1. The van der Waals surface area contributed by atoms with Gasteiger partial charge in [0.2, 0.25) is 0 Å². The van der Waals surface area contributed by atoms with Crippen molar-refractivity contribution in [2.45, 2.75) is 51.0 Å². The quantitative estimate of drug-likeness (QED) is 0.855. The largest absolute Gasteiger partial charge is 0.314 e. The lowest BCUT2D eigenvalue weighted by Crippen LogP contribution is -2.34. The van der Waals surface area contributed by atoms with Gasteiger partial charge in [0.15, 0.2) is 11.6 Å². The minimum absolute atomic E-state index is 0.364. The fourth-order valence-electron chi connectivity index (χ4n) is 2.79. The zero-order valence-electron chi connectivity index (χ0n) is 10.9. The molecule has 1 N–H and O–H groups in total. The van der Waals surface area contributed by atoms with Gasteiger partial charge in [-0.2, -0.15) is 0 Å². The molecule has 1 aromatic rings. The first-order valence-electron chi connectivity index (χ1n) is 6.89. The summed E-state index contributed by atoms with van der Waals surface area (Å²) in [4.78, 5) is 0. The van der Waals surface area contributed by atoms with Crippen LogP contribution < -0.4 is 5.32 Å². The van der Waals surface area contributed by atoms with Crippen LogP contribution in [0.3, 0.4) is 0 Å². The van der Waals surface area contributed by atoms with Crippen molar-refractivity contribution in [3.05, 3.63) is 35.4 Å². The number of rotatable bonds is 4. The molecule has 0 aromatic heterocycles. The molecule has 0 amide bonds. The van der Waals surface area contributed by atoms with Crippen molar-refractivity contribution in [1.82, 2.24) is 5.32 Å². The molecule has 2 unspecified atom stereocenters. The third kappa shape index (κ3) is 3.29. The van der Waals surface area contributed by atoms with E-state index < -0.39 is 11.6 Å². The summed E-state index contributed by atoms with van der Waals surface area (Å²) >= 11 is 0. The molecule has 1 aliphatic rings. The van der Waals surface area contributed by atoms with E-state index in [9.17, 15) is 8.78 Å². The van der Waals surface area contributed by atoms with Gasteiger partial charge in [-0.1, -0.05) is 19.4 Å². The van der Waals surface area contributed by atoms with E-state index >= 15 is 0 Å². The molecule has 0 radical (unpaired) electrons. The first-order valence-corrected chi connectivity index (χ1v) is 6.89. The topological polar surface area (TPSA) is 12.0 Å². The van der Waals surface area contributed by atoms with Crippen LogP contribution >= 0.6 is 0 Å². The summed E-state index contributed by atoms with van der Waals surface area (Å²) in [5, 5.41) is 3.53.